The van der Waals surface area contributed by atoms with Gasteiger partial charge in [0.15, 0.2) is 0 Å². The van der Waals surface area contributed by atoms with E-state index in [1.54, 1.807) is 0 Å². The van der Waals surface area contributed by atoms with Gasteiger partial charge in [-0.2, -0.15) is 0 Å². The summed E-state index contributed by atoms with van der Waals surface area (Å²) >= 11 is 2.76. The minimum absolute atomic E-state index is 0.103. The van der Waals surface area contributed by atoms with Crippen molar-refractivity contribution in [1.82, 2.24) is 9.88 Å². The maximum Gasteiger partial charge on any atom is 0.323 e. The van der Waals surface area contributed by atoms with E-state index in [1.165, 1.54) is 28.1 Å². The van der Waals surface area contributed by atoms with Gasteiger partial charge in [-0.15, -0.1) is 22.7 Å². The van der Waals surface area contributed by atoms with E-state index in [0.717, 1.165) is 9.78 Å². The number of thiophene rings is 1. The summed E-state index contributed by atoms with van der Waals surface area (Å²) in [6.45, 7) is -1.06. The molecule has 0 spiro atoms. The smallest absolute Gasteiger partial charge is 0.323 e. The lowest BCUT2D eigenvalue weighted by atomic mass is 10.3. The first-order valence-corrected chi connectivity index (χ1v) is 7.52. The zero-order chi connectivity index (χ0) is 15.4. The van der Waals surface area contributed by atoms with Gasteiger partial charge in [-0.25, -0.2) is 4.98 Å². The van der Waals surface area contributed by atoms with Crippen LogP contribution in [0.15, 0.2) is 22.9 Å². The lowest BCUT2D eigenvalue weighted by molar-refractivity contribution is -0.138. The zero-order valence-electron chi connectivity index (χ0n) is 10.7. The Bertz CT molecular complexity index is 650. The molecule has 0 bridgehead atoms. The zero-order valence-corrected chi connectivity index (χ0v) is 12.3. The standard InChI is InChI=1S/C12H11N3O4S2/c13-9(16)4-15(5-10(17)18)12(19)7-6-21-11(14-7)8-2-1-3-20-8/h1-3,6H,4-5H2,(H2,13,16)(H,17,18). The van der Waals surface area contributed by atoms with Crippen molar-refractivity contribution in [2.45, 2.75) is 0 Å². The van der Waals surface area contributed by atoms with E-state index >= 15 is 0 Å². The van der Waals surface area contributed by atoms with E-state index in [-0.39, 0.29) is 5.69 Å². The number of carbonyl (C=O) groups excluding carboxylic acids is 2. The molecule has 110 valence electrons. The summed E-state index contributed by atoms with van der Waals surface area (Å²) in [7, 11) is 0. The third-order valence-corrected chi connectivity index (χ3v) is 4.30. The first kappa shape index (κ1) is 15.1. The number of rotatable bonds is 6. The number of carbonyl (C=O) groups is 3. The van der Waals surface area contributed by atoms with E-state index in [2.05, 4.69) is 4.98 Å². The molecule has 0 aliphatic carbocycles. The Morgan fingerprint density at radius 3 is 2.62 bits per heavy atom. The molecule has 0 aromatic carbocycles. The molecule has 2 amide bonds. The fourth-order valence-corrected chi connectivity index (χ4v) is 3.21. The van der Waals surface area contributed by atoms with Crippen LogP contribution in [-0.2, 0) is 9.59 Å². The molecule has 0 atom stereocenters. The van der Waals surface area contributed by atoms with E-state index in [9.17, 15) is 14.4 Å². The van der Waals surface area contributed by atoms with Crippen LogP contribution in [0.2, 0.25) is 0 Å². The molecule has 0 saturated heterocycles. The van der Waals surface area contributed by atoms with Gasteiger partial charge in [-0.3, -0.25) is 14.4 Å². The number of hydrogen-bond donors (Lipinski definition) is 2. The molecule has 2 rings (SSSR count). The molecule has 0 unspecified atom stereocenters. The molecular weight excluding hydrogens is 314 g/mol. The Morgan fingerprint density at radius 1 is 1.29 bits per heavy atom. The molecule has 2 aromatic heterocycles. The second kappa shape index (κ2) is 6.46. The van der Waals surface area contributed by atoms with Crippen molar-refractivity contribution in [1.29, 1.82) is 0 Å². The highest BCUT2D eigenvalue weighted by atomic mass is 32.1. The van der Waals surface area contributed by atoms with Crippen LogP contribution in [0.25, 0.3) is 9.88 Å². The second-order valence-electron chi connectivity index (χ2n) is 4.04. The first-order chi connectivity index (χ1) is 9.97. The highest BCUT2D eigenvalue weighted by Gasteiger charge is 2.22. The average molecular weight is 325 g/mol. The predicted octanol–water partition coefficient (Wildman–Crippen LogP) is 0.884. The van der Waals surface area contributed by atoms with Crippen LogP contribution in [0.3, 0.4) is 0 Å². The monoisotopic (exact) mass is 325 g/mol. The maximum atomic E-state index is 12.2. The number of primary amides is 1. The van der Waals surface area contributed by atoms with Gasteiger partial charge in [-0.05, 0) is 11.4 Å². The SMILES string of the molecule is NC(=O)CN(CC(=O)O)C(=O)c1csc(-c2cccs2)n1. The van der Waals surface area contributed by atoms with Gasteiger partial charge in [-0.1, -0.05) is 6.07 Å². The summed E-state index contributed by atoms with van der Waals surface area (Å²) in [4.78, 5) is 39.9. The lowest BCUT2D eigenvalue weighted by Crippen LogP contribution is -2.41. The summed E-state index contributed by atoms with van der Waals surface area (Å²) in [6, 6.07) is 3.74. The molecular formula is C12H11N3O4S2. The van der Waals surface area contributed by atoms with Crippen molar-refractivity contribution in [2.24, 2.45) is 5.73 Å². The Hall–Kier alpha value is -2.26. The molecule has 0 saturated carbocycles. The molecule has 2 aromatic rings. The molecule has 3 N–H and O–H groups in total. The Morgan fingerprint density at radius 2 is 2.05 bits per heavy atom. The number of nitrogens with two attached hydrogens (primary N) is 1. The van der Waals surface area contributed by atoms with E-state index in [4.69, 9.17) is 10.8 Å². The van der Waals surface area contributed by atoms with Crippen molar-refractivity contribution in [2.75, 3.05) is 13.1 Å². The number of aliphatic carboxylic acids is 1. The number of amides is 2. The van der Waals surface area contributed by atoms with Crippen LogP contribution in [0.5, 0.6) is 0 Å². The van der Waals surface area contributed by atoms with Crippen LogP contribution >= 0.6 is 22.7 Å². The maximum absolute atomic E-state index is 12.2. The molecule has 0 radical (unpaired) electrons. The molecule has 2 heterocycles. The Balaban J connectivity index is 2.20. The third-order valence-electron chi connectivity index (χ3n) is 2.42. The first-order valence-electron chi connectivity index (χ1n) is 5.76. The van der Waals surface area contributed by atoms with Crippen LogP contribution in [0.1, 0.15) is 10.5 Å². The number of carboxylic acids is 1. The van der Waals surface area contributed by atoms with Gasteiger partial charge in [0.05, 0.1) is 4.88 Å². The summed E-state index contributed by atoms with van der Waals surface area (Å²) in [6.07, 6.45) is 0. The average Bonchev–Trinajstić information content (AvgIpc) is 3.06. The quantitative estimate of drug-likeness (QED) is 0.818. The number of aromatic nitrogens is 1. The third kappa shape index (κ3) is 3.86. The second-order valence-corrected chi connectivity index (χ2v) is 5.84. The molecule has 0 fully saturated rings. The number of thiazole rings is 1. The van der Waals surface area contributed by atoms with Crippen LogP contribution < -0.4 is 5.73 Å². The minimum atomic E-state index is -1.22. The Labute approximate surface area is 127 Å². The van der Waals surface area contributed by atoms with E-state index in [0.29, 0.717) is 5.01 Å². The highest BCUT2D eigenvalue weighted by Crippen LogP contribution is 2.28. The van der Waals surface area contributed by atoms with Gasteiger partial charge in [0.2, 0.25) is 5.91 Å². The normalized spacial score (nSPS) is 10.3. The van der Waals surface area contributed by atoms with E-state index < -0.39 is 30.9 Å². The van der Waals surface area contributed by atoms with Crippen molar-refractivity contribution in [3.05, 3.63) is 28.6 Å². The molecule has 0 aliphatic heterocycles. The predicted molar refractivity (Wildman–Crippen MR) is 78.2 cm³/mol. The molecule has 9 heteroatoms. The summed E-state index contributed by atoms with van der Waals surface area (Å²) in [5, 5.41) is 12.9. The topological polar surface area (TPSA) is 114 Å². The molecule has 7 nitrogen and oxygen atoms in total. The fraction of sp³-hybridized carbons (Fsp3) is 0.167. The highest BCUT2D eigenvalue weighted by molar-refractivity contribution is 7.20. The van der Waals surface area contributed by atoms with Crippen molar-refractivity contribution < 1.29 is 19.5 Å². The molecule has 21 heavy (non-hydrogen) atoms. The van der Waals surface area contributed by atoms with Crippen molar-refractivity contribution >= 4 is 40.5 Å². The van der Waals surface area contributed by atoms with Crippen LogP contribution in [0, 0.1) is 0 Å². The Kier molecular flexibility index (Phi) is 4.66. The van der Waals surface area contributed by atoms with Crippen LogP contribution in [0.4, 0.5) is 0 Å². The van der Waals surface area contributed by atoms with Gasteiger partial charge in [0, 0.05) is 5.38 Å². The largest absolute Gasteiger partial charge is 0.480 e. The van der Waals surface area contributed by atoms with Gasteiger partial charge in [0.25, 0.3) is 5.91 Å². The summed E-state index contributed by atoms with van der Waals surface area (Å²) in [5.41, 5.74) is 5.13. The number of hydrogen-bond acceptors (Lipinski definition) is 6. The lowest BCUT2D eigenvalue weighted by Gasteiger charge is -2.17. The number of nitrogens with zero attached hydrogens (tertiary/aromatic N) is 2. The minimum Gasteiger partial charge on any atom is -0.480 e. The number of carboxylic acid groups (broad SMARTS) is 1. The van der Waals surface area contributed by atoms with Gasteiger partial charge in [0.1, 0.15) is 23.8 Å². The van der Waals surface area contributed by atoms with E-state index in [1.807, 2.05) is 17.5 Å². The van der Waals surface area contributed by atoms with Crippen molar-refractivity contribution in [3.8, 4) is 9.88 Å². The fourth-order valence-electron chi connectivity index (χ4n) is 1.60. The van der Waals surface area contributed by atoms with Gasteiger partial charge < -0.3 is 15.7 Å². The summed E-state index contributed by atoms with van der Waals surface area (Å²) < 4.78 is 0. The van der Waals surface area contributed by atoms with Crippen LogP contribution in [-0.4, -0.2) is 45.9 Å². The molecule has 0 aliphatic rings. The van der Waals surface area contributed by atoms with Gasteiger partial charge >= 0.3 is 5.97 Å². The summed E-state index contributed by atoms with van der Waals surface area (Å²) in [5.74, 6) is -2.63. The van der Waals surface area contributed by atoms with Crippen molar-refractivity contribution in [3.63, 3.8) is 0 Å².